The Morgan fingerprint density at radius 2 is 1.90 bits per heavy atom. The Labute approximate surface area is 130 Å². The van der Waals surface area contributed by atoms with Crippen molar-refractivity contribution < 1.29 is 9.53 Å². The summed E-state index contributed by atoms with van der Waals surface area (Å²) in [4.78, 5) is 12.1. The first kappa shape index (κ1) is 15.8. The number of halogens is 1. The fraction of sp³-hybridized carbons (Fsp3) is 0.353. The molecule has 1 aliphatic rings. The van der Waals surface area contributed by atoms with Gasteiger partial charge in [0, 0.05) is 24.3 Å². The number of amides is 1. The van der Waals surface area contributed by atoms with Gasteiger partial charge >= 0.3 is 0 Å². The van der Waals surface area contributed by atoms with Gasteiger partial charge in [-0.2, -0.15) is 0 Å². The largest absolute Gasteiger partial charge is 0.381 e. The Kier molecular flexibility index (Phi) is 5.59. The number of nitrogens with one attached hydrogen (secondary N) is 1. The summed E-state index contributed by atoms with van der Waals surface area (Å²) < 4.78 is 5.44. The lowest BCUT2D eigenvalue weighted by atomic mass is 9.82. The van der Waals surface area contributed by atoms with E-state index in [1.165, 1.54) is 0 Å². The van der Waals surface area contributed by atoms with Gasteiger partial charge in [0.2, 0.25) is 5.91 Å². The van der Waals surface area contributed by atoms with Gasteiger partial charge in [0.05, 0.1) is 5.54 Å². The van der Waals surface area contributed by atoms with Crippen molar-refractivity contribution >= 4 is 17.5 Å². The van der Waals surface area contributed by atoms with Gasteiger partial charge in [-0.1, -0.05) is 42.0 Å². The molecule has 1 fully saturated rings. The Morgan fingerprint density at radius 1 is 1.24 bits per heavy atom. The van der Waals surface area contributed by atoms with Crippen LogP contribution in [0.5, 0.6) is 0 Å². The van der Waals surface area contributed by atoms with E-state index in [2.05, 4.69) is 5.32 Å². The van der Waals surface area contributed by atoms with E-state index in [1.54, 1.807) is 12.2 Å². The molecular weight excluding hydrogens is 286 g/mol. The molecule has 0 spiro atoms. The molecule has 0 atom stereocenters. The molecule has 4 heteroatoms. The second kappa shape index (κ2) is 7.43. The van der Waals surface area contributed by atoms with Crippen LogP contribution < -0.4 is 5.32 Å². The first-order chi connectivity index (χ1) is 10.2. The van der Waals surface area contributed by atoms with Gasteiger partial charge < -0.3 is 10.1 Å². The van der Waals surface area contributed by atoms with Crippen LogP contribution in [0.1, 0.15) is 25.3 Å². The van der Waals surface area contributed by atoms with Crippen LogP contribution in [0.2, 0.25) is 5.02 Å². The van der Waals surface area contributed by atoms with Crippen LogP contribution in [-0.2, 0) is 15.1 Å². The van der Waals surface area contributed by atoms with Crippen molar-refractivity contribution in [3.63, 3.8) is 0 Å². The fourth-order valence-electron chi connectivity index (χ4n) is 2.51. The maximum absolute atomic E-state index is 12.1. The second-order valence-electron chi connectivity index (χ2n) is 5.08. The highest BCUT2D eigenvalue weighted by Crippen LogP contribution is 2.32. The zero-order valence-corrected chi connectivity index (χ0v) is 12.9. The topological polar surface area (TPSA) is 38.3 Å². The lowest BCUT2D eigenvalue weighted by Crippen LogP contribution is -2.49. The van der Waals surface area contributed by atoms with Crippen LogP contribution in [0.15, 0.2) is 48.6 Å². The van der Waals surface area contributed by atoms with Crippen LogP contribution in [0, 0.1) is 0 Å². The number of hydrogen-bond acceptors (Lipinski definition) is 2. The van der Waals surface area contributed by atoms with Gasteiger partial charge in [0.25, 0.3) is 0 Å². The molecule has 1 amide bonds. The summed E-state index contributed by atoms with van der Waals surface area (Å²) in [6, 6.07) is 7.67. The minimum atomic E-state index is -0.375. The molecule has 0 aromatic heterocycles. The second-order valence-corrected chi connectivity index (χ2v) is 5.51. The van der Waals surface area contributed by atoms with Crippen molar-refractivity contribution in [2.45, 2.75) is 25.3 Å². The molecule has 1 N–H and O–H groups in total. The predicted molar refractivity (Wildman–Crippen MR) is 85.3 cm³/mol. The lowest BCUT2D eigenvalue weighted by Gasteiger charge is -2.38. The summed E-state index contributed by atoms with van der Waals surface area (Å²) >= 11 is 5.96. The summed E-state index contributed by atoms with van der Waals surface area (Å²) in [6.07, 6.45) is 8.53. The van der Waals surface area contributed by atoms with Crippen molar-refractivity contribution in [3.05, 3.63) is 59.2 Å². The average Bonchev–Trinajstić information content (AvgIpc) is 2.49. The highest BCUT2D eigenvalue weighted by Gasteiger charge is 2.35. The van der Waals surface area contributed by atoms with E-state index >= 15 is 0 Å². The smallest absolute Gasteiger partial charge is 0.244 e. The molecule has 3 nitrogen and oxygen atoms in total. The summed E-state index contributed by atoms with van der Waals surface area (Å²) in [6.45, 7) is 3.19. The van der Waals surface area contributed by atoms with E-state index in [4.69, 9.17) is 16.3 Å². The quantitative estimate of drug-likeness (QED) is 0.682. The van der Waals surface area contributed by atoms with Crippen LogP contribution in [0.4, 0.5) is 0 Å². The zero-order valence-electron chi connectivity index (χ0n) is 12.1. The van der Waals surface area contributed by atoms with Crippen LogP contribution in [-0.4, -0.2) is 19.1 Å². The number of carbonyl (C=O) groups is 1. The molecule has 0 aliphatic carbocycles. The molecular formula is C17H20ClNO2. The molecule has 1 aromatic rings. The SMILES string of the molecule is C/C=C/C=C\C(=O)NC1(c2ccc(Cl)cc2)CCOCC1. The van der Waals surface area contributed by atoms with Crippen molar-refractivity contribution in [3.8, 4) is 0 Å². The number of carbonyl (C=O) groups excluding carboxylic acids is 1. The third-order valence-corrected chi connectivity index (χ3v) is 3.91. The van der Waals surface area contributed by atoms with Gasteiger partial charge in [-0.3, -0.25) is 4.79 Å². The highest BCUT2D eigenvalue weighted by atomic mass is 35.5. The van der Waals surface area contributed by atoms with Crippen molar-refractivity contribution in [1.82, 2.24) is 5.32 Å². The standard InChI is InChI=1S/C17H20ClNO2/c1-2-3-4-5-16(20)19-17(10-12-21-13-11-17)14-6-8-15(18)9-7-14/h2-9H,10-13H2,1H3,(H,19,20)/b3-2+,5-4-. The van der Waals surface area contributed by atoms with E-state index < -0.39 is 0 Å². The Hall–Kier alpha value is -1.58. The minimum Gasteiger partial charge on any atom is -0.381 e. The van der Waals surface area contributed by atoms with E-state index in [9.17, 15) is 4.79 Å². The molecule has 112 valence electrons. The third-order valence-electron chi connectivity index (χ3n) is 3.66. The van der Waals surface area contributed by atoms with Gasteiger partial charge in [-0.15, -0.1) is 0 Å². The summed E-state index contributed by atoms with van der Waals surface area (Å²) in [5.41, 5.74) is 0.697. The van der Waals surface area contributed by atoms with E-state index in [1.807, 2.05) is 43.3 Å². The maximum atomic E-state index is 12.1. The monoisotopic (exact) mass is 305 g/mol. The molecule has 0 bridgehead atoms. The molecule has 1 saturated heterocycles. The number of ether oxygens (including phenoxy) is 1. The van der Waals surface area contributed by atoms with Crippen LogP contribution in [0.3, 0.4) is 0 Å². The highest BCUT2D eigenvalue weighted by molar-refractivity contribution is 6.30. The molecule has 0 radical (unpaired) electrons. The van der Waals surface area contributed by atoms with Gasteiger partial charge in [-0.25, -0.2) is 0 Å². The van der Waals surface area contributed by atoms with E-state index in [-0.39, 0.29) is 11.4 Å². The third kappa shape index (κ3) is 4.19. The Bertz CT molecular complexity index is 528. The number of hydrogen-bond donors (Lipinski definition) is 1. The first-order valence-corrected chi connectivity index (χ1v) is 7.49. The maximum Gasteiger partial charge on any atom is 0.244 e. The zero-order chi connectivity index (χ0) is 15.1. The molecule has 0 unspecified atom stereocenters. The lowest BCUT2D eigenvalue weighted by molar-refractivity contribution is -0.119. The normalized spacial score (nSPS) is 18.2. The fourth-order valence-corrected chi connectivity index (χ4v) is 2.63. The molecule has 1 aliphatic heterocycles. The Balaban J connectivity index is 2.21. The van der Waals surface area contributed by atoms with Crippen molar-refractivity contribution in [1.29, 1.82) is 0 Å². The van der Waals surface area contributed by atoms with Gasteiger partial charge in [-0.05, 0) is 37.5 Å². The van der Waals surface area contributed by atoms with Crippen molar-refractivity contribution in [2.24, 2.45) is 0 Å². The number of benzene rings is 1. The minimum absolute atomic E-state index is 0.0926. The summed E-state index contributed by atoms with van der Waals surface area (Å²) in [7, 11) is 0. The van der Waals surface area contributed by atoms with Crippen molar-refractivity contribution in [2.75, 3.05) is 13.2 Å². The van der Waals surface area contributed by atoms with Gasteiger partial charge in [0.1, 0.15) is 0 Å². The summed E-state index contributed by atoms with van der Waals surface area (Å²) in [5.74, 6) is -0.0926. The molecule has 2 rings (SSSR count). The van der Waals surface area contributed by atoms with E-state index in [0.29, 0.717) is 18.2 Å². The van der Waals surface area contributed by atoms with Crippen LogP contribution in [0.25, 0.3) is 0 Å². The molecule has 1 aromatic carbocycles. The predicted octanol–water partition coefficient (Wildman–Crippen LogP) is 3.59. The summed E-state index contributed by atoms with van der Waals surface area (Å²) in [5, 5.41) is 3.84. The first-order valence-electron chi connectivity index (χ1n) is 7.11. The van der Waals surface area contributed by atoms with Crippen LogP contribution >= 0.6 is 11.6 Å². The average molecular weight is 306 g/mol. The molecule has 0 saturated carbocycles. The molecule has 1 heterocycles. The van der Waals surface area contributed by atoms with Gasteiger partial charge in [0.15, 0.2) is 0 Å². The van der Waals surface area contributed by atoms with E-state index in [0.717, 1.165) is 18.4 Å². The Morgan fingerprint density at radius 3 is 2.52 bits per heavy atom. The number of allylic oxidation sites excluding steroid dienone is 3. The molecule has 21 heavy (non-hydrogen) atoms. The number of rotatable bonds is 4.